The lowest BCUT2D eigenvalue weighted by Crippen LogP contribution is -2.58. The van der Waals surface area contributed by atoms with Crippen molar-refractivity contribution in [3.63, 3.8) is 0 Å². The maximum Gasteiger partial charge on any atom is 0.326 e. The van der Waals surface area contributed by atoms with Crippen LogP contribution in [-0.4, -0.2) is 86.6 Å². The number of phenolic OH excluding ortho intramolecular Hbond substituents is 1. The Bertz CT molecular complexity index is 1070. The van der Waals surface area contributed by atoms with E-state index in [0.717, 1.165) is 13.0 Å². The van der Waals surface area contributed by atoms with Crippen LogP contribution in [-0.2, 0) is 32.0 Å². The highest BCUT2D eigenvalue weighted by atomic mass is 32.2. The van der Waals surface area contributed by atoms with E-state index in [1.807, 2.05) is 6.26 Å². The number of carboxylic acid groups (broad SMARTS) is 1. The van der Waals surface area contributed by atoms with Gasteiger partial charge < -0.3 is 36.5 Å². The Labute approximate surface area is 224 Å². The smallest absolute Gasteiger partial charge is 0.326 e. The highest BCUT2D eigenvalue weighted by Gasteiger charge is 2.31. The first-order chi connectivity index (χ1) is 18.3. The summed E-state index contributed by atoms with van der Waals surface area (Å²) in [5.74, 6) is -2.08. The minimum absolute atomic E-state index is 0.0210. The highest BCUT2D eigenvalue weighted by Crippen LogP contribution is 2.12. The number of amides is 3. The van der Waals surface area contributed by atoms with Crippen LogP contribution in [0.4, 0.5) is 0 Å². The van der Waals surface area contributed by atoms with E-state index in [2.05, 4.69) is 31.2 Å². The number of hydrogen-bond donors (Lipinski definition) is 7. The van der Waals surface area contributed by atoms with Crippen LogP contribution in [0.3, 0.4) is 0 Å². The van der Waals surface area contributed by atoms with Gasteiger partial charge in [0.1, 0.15) is 23.9 Å². The molecular weight excluding hydrogens is 512 g/mol. The molecule has 0 aliphatic carbocycles. The molecule has 0 spiro atoms. The number of aromatic hydroxyl groups is 1. The fourth-order valence-electron chi connectivity index (χ4n) is 4.12. The van der Waals surface area contributed by atoms with E-state index in [4.69, 9.17) is 0 Å². The van der Waals surface area contributed by atoms with Gasteiger partial charge in [-0.15, -0.1) is 0 Å². The predicted octanol–water partition coefficient (Wildman–Crippen LogP) is -0.0554. The Morgan fingerprint density at radius 1 is 1.05 bits per heavy atom. The number of hydrogen-bond acceptors (Lipinski definition) is 8. The van der Waals surface area contributed by atoms with E-state index >= 15 is 0 Å². The van der Waals surface area contributed by atoms with Gasteiger partial charge in [-0.05, 0) is 55.5 Å². The molecule has 4 unspecified atom stereocenters. The van der Waals surface area contributed by atoms with Crippen molar-refractivity contribution in [2.45, 2.75) is 56.3 Å². The molecule has 1 aromatic carbocycles. The quantitative estimate of drug-likeness (QED) is 0.171. The van der Waals surface area contributed by atoms with Crippen LogP contribution in [0, 0.1) is 0 Å². The predicted molar refractivity (Wildman–Crippen MR) is 142 cm³/mol. The number of carboxylic acids is 1. The molecule has 0 bridgehead atoms. The highest BCUT2D eigenvalue weighted by molar-refractivity contribution is 7.98. The molecule has 3 amide bonds. The van der Waals surface area contributed by atoms with E-state index in [9.17, 15) is 29.4 Å². The number of thioether (sulfide) groups is 1. The van der Waals surface area contributed by atoms with E-state index in [0.29, 0.717) is 29.9 Å². The largest absolute Gasteiger partial charge is 0.508 e. The second-order valence-corrected chi connectivity index (χ2v) is 10.1. The van der Waals surface area contributed by atoms with Crippen LogP contribution in [0.15, 0.2) is 36.8 Å². The van der Waals surface area contributed by atoms with Gasteiger partial charge in [-0.3, -0.25) is 14.4 Å². The van der Waals surface area contributed by atoms with Gasteiger partial charge in [0, 0.05) is 24.7 Å². The maximum atomic E-state index is 13.3. The summed E-state index contributed by atoms with van der Waals surface area (Å²) >= 11 is 1.53. The number of imidazole rings is 1. The van der Waals surface area contributed by atoms with Crippen molar-refractivity contribution in [2.75, 3.05) is 18.6 Å². The van der Waals surface area contributed by atoms with Crippen LogP contribution in [0.25, 0.3) is 0 Å². The summed E-state index contributed by atoms with van der Waals surface area (Å²) in [5.41, 5.74) is 1.17. The number of aromatic amines is 1. The van der Waals surface area contributed by atoms with Gasteiger partial charge in [0.2, 0.25) is 17.7 Å². The van der Waals surface area contributed by atoms with Crippen LogP contribution in [0.5, 0.6) is 5.75 Å². The van der Waals surface area contributed by atoms with E-state index in [-0.39, 0.29) is 30.5 Å². The van der Waals surface area contributed by atoms with Crippen molar-refractivity contribution in [3.05, 3.63) is 48.0 Å². The van der Waals surface area contributed by atoms with Gasteiger partial charge in [0.05, 0.1) is 12.4 Å². The molecule has 3 rings (SSSR count). The molecule has 7 N–H and O–H groups in total. The van der Waals surface area contributed by atoms with Crippen LogP contribution < -0.4 is 21.3 Å². The lowest BCUT2D eigenvalue weighted by Gasteiger charge is -2.25. The summed E-state index contributed by atoms with van der Waals surface area (Å²) in [4.78, 5) is 58.0. The number of phenols is 1. The molecule has 2 heterocycles. The number of aliphatic carboxylic acids is 1. The third-order valence-electron chi connectivity index (χ3n) is 6.22. The van der Waals surface area contributed by atoms with Gasteiger partial charge in [0.25, 0.3) is 0 Å². The summed E-state index contributed by atoms with van der Waals surface area (Å²) in [6.45, 7) is 0.737. The van der Waals surface area contributed by atoms with Crippen molar-refractivity contribution in [1.82, 2.24) is 31.2 Å². The number of carbonyl (C=O) groups excluding carboxylic acids is 3. The van der Waals surface area contributed by atoms with Gasteiger partial charge in [-0.2, -0.15) is 11.8 Å². The Morgan fingerprint density at radius 3 is 2.37 bits per heavy atom. The number of carbonyl (C=O) groups is 4. The molecule has 0 radical (unpaired) electrons. The summed E-state index contributed by atoms with van der Waals surface area (Å²) < 4.78 is 0. The van der Waals surface area contributed by atoms with Gasteiger partial charge in [0.15, 0.2) is 0 Å². The molecule has 1 aliphatic rings. The molecule has 4 atom stereocenters. The SMILES string of the molecule is CSCCC(NC(=O)C1CCCN1)C(=O)NC(Cc1cnc[nH]1)C(=O)NC(Cc1ccc(O)cc1)C(=O)O. The second-order valence-electron chi connectivity index (χ2n) is 9.10. The van der Waals surface area contributed by atoms with Crippen molar-refractivity contribution in [3.8, 4) is 5.75 Å². The molecule has 206 valence electrons. The average Bonchev–Trinajstić information content (AvgIpc) is 3.61. The molecule has 1 saturated heterocycles. The van der Waals surface area contributed by atoms with E-state index < -0.39 is 35.9 Å². The molecule has 38 heavy (non-hydrogen) atoms. The Kier molecular flexibility index (Phi) is 11.0. The molecular formula is C25H34N6O6S. The number of benzene rings is 1. The van der Waals surface area contributed by atoms with E-state index in [1.165, 1.54) is 36.4 Å². The average molecular weight is 547 g/mol. The van der Waals surface area contributed by atoms with Crippen molar-refractivity contribution < 1.29 is 29.4 Å². The molecule has 1 fully saturated rings. The molecule has 13 heteroatoms. The zero-order valence-electron chi connectivity index (χ0n) is 21.1. The second kappa shape index (κ2) is 14.4. The first-order valence-corrected chi connectivity index (χ1v) is 13.8. The summed E-state index contributed by atoms with van der Waals surface area (Å²) in [7, 11) is 0. The molecule has 0 saturated carbocycles. The number of nitrogens with one attached hydrogen (secondary N) is 5. The summed E-state index contributed by atoms with van der Waals surface area (Å²) in [6.07, 6.45) is 6.78. The first kappa shape index (κ1) is 29.0. The maximum absolute atomic E-state index is 13.3. The minimum atomic E-state index is -1.27. The fourth-order valence-corrected chi connectivity index (χ4v) is 4.59. The number of nitrogens with zero attached hydrogens (tertiary/aromatic N) is 1. The monoisotopic (exact) mass is 546 g/mol. The van der Waals surface area contributed by atoms with Crippen molar-refractivity contribution in [1.29, 1.82) is 0 Å². The molecule has 1 aromatic heterocycles. The third-order valence-corrected chi connectivity index (χ3v) is 6.87. The van der Waals surface area contributed by atoms with E-state index in [1.54, 1.807) is 12.1 Å². The summed E-state index contributed by atoms with van der Waals surface area (Å²) in [6, 6.07) is 2.39. The molecule has 1 aliphatic heterocycles. The Hall–Kier alpha value is -3.58. The first-order valence-electron chi connectivity index (χ1n) is 12.4. The Morgan fingerprint density at radius 2 is 1.76 bits per heavy atom. The van der Waals surface area contributed by atoms with Gasteiger partial charge >= 0.3 is 5.97 Å². The lowest BCUT2D eigenvalue weighted by atomic mass is 10.0. The van der Waals surface area contributed by atoms with Crippen LogP contribution in [0.1, 0.15) is 30.5 Å². The number of H-pyrrole nitrogens is 1. The zero-order chi connectivity index (χ0) is 27.5. The normalized spacial score (nSPS) is 17.2. The molecule has 2 aromatic rings. The third kappa shape index (κ3) is 8.77. The van der Waals surface area contributed by atoms with Crippen LogP contribution in [0.2, 0.25) is 0 Å². The van der Waals surface area contributed by atoms with Crippen molar-refractivity contribution in [2.24, 2.45) is 0 Å². The van der Waals surface area contributed by atoms with Gasteiger partial charge in [-0.1, -0.05) is 12.1 Å². The summed E-state index contributed by atoms with van der Waals surface area (Å²) in [5, 5.41) is 30.3. The fraction of sp³-hybridized carbons (Fsp3) is 0.480. The number of rotatable bonds is 14. The molecule has 12 nitrogen and oxygen atoms in total. The lowest BCUT2D eigenvalue weighted by molar-refractivity contribution is -0.142. The standard InChI is InChI=1S/C25H34N6O6S/c1-38-10-8-19(29-22(33)18-3-2-9-27-18)23(34)30-20(12-16-13-26-14-28-16)24(35)31-21(25(36)37)11-15-4-6-17(32)7-5-15/h4-7,13-14,18-21,27,32H,2-3,8-12H2,1H3,(H,26,28)(H,29,33)(H,30,34)(H,31,35)(H,36,37). The van der Waals surface area contributed by atoms with Crippen molar-refractivity contribution >= 4 is 35.5 Å². The van der Waals surface area contributed by atoms with Gasteiger partial charge in [-0.25, -0.2) is 9.78 Å². The minimum Gasteiger partial charge on any atom is -0.508 e. The topological polar surface area (TPSA) is 186 Å². The van der Waals surface area contributed by atoms with Crippen LogP contribution >= 0.6 is 11.8 Å². The Balaban J connectivity index is 1.73. The number of aromatic nitrogens is 2. The zero-order valence-corrected chi connectivity index (χ0v) is 21.9.